The fraction of sp³-hybridized carbons (Fsp3) is 0.367. The van der Waals surface area contributed by atoms with Gasteiger partial charge >= 0.3 is 24.1 Å². The van der Waals surface area contributed by atoms with E-state index in [1.54, 1.807) is 60.8 Å². The molecule has 0 bridgehead atoms. The van der Waals surface area contributed by atoms with Gasteiger partial charge in [-0.3, -0.25) is 9.59 Å². The molecule has 44 heavy (non-hydrogen) atoms. The molecule has 0 unspecified atom stereocenters. The van der Waals surface area contributed by atoms with E-state index in [-0.39, 0.29) is 31.0 Å². The summed E-state index contributed by atoms with van der Waals surface area (Å²) in [6.45, 7) is 4.64. The van der Waals surface area contributed by atoms with Crippen molar-refractivity contribution in [1.82, 2.24) is 25.9 Å². The van der Waals surface area contributed by atoms with E-state index < -0.39 is 54.3 Å². The van der Waals surface area contributed by atoms with E-state index in [2.05, 4.69) is 20.6 Å². The average molecular weight is 618 g/mol. The number of benzene rings is 2. The van der Waals surface area contributed by atoms with Gasteiger partial charge < -0.3 is 30.4 Å². The zero-order chi connectivity index (χ0) is 32.3. The summed E-state index contributed by atoms with van der Waals surface area (Å²) in [6, 6.07) is 14.6. The number of ether oxygens (including phenoxy) is 2. The molecule has 0 aliphatic carbocycles. The molecule has 1 heterocycles. The Morgan fingerprint density at radius 2 is 1.45 bits per heavy atom. The van der Waals surface area contributed by atoms with Gasteiger partial charge in [-0.2, -0.15) is 13.2 Å². The standard InChI is InChI=1S/C30H34F3N5O6/c1-18(2)44-27(40)24(37-28(41)30(31,32)33)15-22-16-34-25(36-22)19(3)35-26(39)23(14-20-10-6-4-7-11-20)38-29(42)43-17-21-12-8-5-9-13-21/h4-13,16,18-19,23-24H,14-15,17H2,1-3H3,(H,34,36)(H,35,39)(H,37,41)(H,38,42)/t19-,23-,24-/m0/s1. The highest BCUT2D eigenvalue weighted by Crippen LogP contribution is 2.17. The van der Waals surface area contributed by atoms with Crippen molar-refractivity contribution < 1.29 is 41.8 Å². The lowest BCUT2D eigenvalue weighted by Crippen LogP contribution is -2.49. The van der Waals surface area contributed by atoms with Crippen LogP contribution in [0.4, 0.5) is 18.0 Å². The summed E-state index contributed by atoms with van der Waals surface area (Å²) in [7, 11) is 0. The van der Waals surface area contributed by atoms with Gasteiger partial charge in [-0.15, -0.1) is 0 Å². The number of carbonyl (C=O) groups is 4. The molecule has 3 rings (SSSR count). The van der Waals surface area contributed by atoms with Crippen LogP contribution in [0.2, 0.25) is 0 Å². The summed E-state index contributed by atoms with van der Waals surface area (Å²) in [4.78, 5) is 56.8. The summed E-state index contributed by atoms with van der Waals surface area (Å²) in [5, 5.41) is 7.00. The number of alkyl halides is 3. The first kappa shape index (κ1) is 33.6. The second-order valence-electron chi connectivity index (χ2n) is 10.2. The first-order chi connectivity index (χ1) is 20.8. The average Bonchev–Trinajstić information content (AvgIpc) is 3.44. The third-order valence-electron chi connectivity index (χ3n) is 6.14. The predicted molar refractivity (Wildman–Crippen MR) is 152 cm³/mol. The Hall–Kier alpha value is -4.88. The number of aromatic amines is 1. The molecule has 0 spiro atoms. The van der Waals surface area contributed by atoms with Gasteiger partial charge in [0.05, 0.1) is 12.1 Å². The molecule has 0 saturated heterocycles. The third-order valence-corrected chi connectivity index (χ3v) is 6.14. The Labute approximate surface area is 251 Å². The van der Waals surface area contributed by atoms with Gasteiger partial charge in [0.25, 0.3) is 0 Å². The zero-order valence-corrected chi connectivity index (χ0v) is 24.3. The minimum atomic E-state index is -5.20. The molecular weight excluding hydrogens is 583 g/mol. The Bertz CT molecular complexity index is 1400. The lowest BCUT2D eigenvalue weighted by Gasteiger charge is -2.21. The van der Waals surface area contributed by atoms with E-state index in [4.69, 9.17) is 9.47 Å². The van der Waals surface area contributed by atoms with Crippen LogP contribution < -0.4 is 16.0 Å². The fourth-order valence-electron chi connectivity index (χ4n) is 4.02. The van der Waals surface area contributed by atoms with Gasteiger partial charge in [0.2, 0.25) is 5.91 Å². The first-order valence-corrected chi connectivity index (χ1v) is 13.7. The number of aromatic nitrogens is 2. The molecule has 0 aliphatic heterocycles. The van der Waals surface area contributed by atoms with Crippen LogP contribution in [0.25, 0.3) is 0 Å². The van der Waals surface area contributed by atoms with E-state index in [0.717, 1.165) is 11.1 Å². The van der Waals surface area contributed by atoms with Gasteiger partial charge in [-0.05, 0) is 31.9 Å². The van der Waals surface area contributed by atoms with Crippen molar-refractivity contribution in [3.05, 3.63) is 89.5 Å². The van der Waals surface area contributed by atoms with E-state index in [1.165, 1.54) is 20.0 Å². The molecule has 0 radical (unpaired) electrons. The van der Waals surface area contributed by atoms with Crippen LogP contribution in [-0.4, -0.2) is 58.2 Å². The molecular formula is C30H34F3N5O6. The van der Waals surface area contributed by atoms with Gasteiger partial charge in [0.15, 0.2) is 0 Å². The largest absolute Gasteiger partial charge is 0.471 e. The number of hydrogen-bond acceptors (Lipinski definition) is 7. The van der Waals surface area contributed by atoms with Crippen molar-refractivity contribution in [3.63, 3.8) is 0 Å². The van der Waals surface area contributed by atoms with Crippen molar-refractivity contribution >= 4 is 23.9 Å². The molecule has 0 saturated carbocycles. The molecule has 1 aromatic heterocycles. The number of imidazole rings is 1. The summed E-state index contributed by atoms with van der Waals surface area (Å²) < 4.78 is 48.8. The smallest absolute Gasteiger partial charge is 0.461 e. The highest BCUT2D eigenvalue weighted by molar-refractivity contribution is 5.88. The van der Waals surface area contributed by atoms with Gasteiger partial charge in [-0.1, -0.05) is 60.7 Å². The van der Waals surface area contributed by atoms with E-state index in [9.17, 15) is 32.3 Å². The van der Waals surface area contributed by atoms with Gasteiger partial charge in [0.1, 0.15) is 24.5 Å². The molecule has 11 nitrogen and oxygen atoms in total. The third kappa shape index (κ3) is 10.7. The van der Waals surface area contributed by atoms with Gasteiger partial charge in [-0.25, -0.2) is 14.6 Å². The lowest BCUT2D eigenvalue weighted by atomic mass is 10.1. The molecule has 3 atom stereocenters. The first-order valence-electron chi connectivity index (χ1n) is 13.7. The zero-order valence-electron chi connectivity index (χ0n) is 24.3. The Morgan fingerprint density at radius 1 is 0.841 bits per heavy atom. The van der Waals surface area contributed by atoms with Crippen LogP contribution in [0.15, 0.2) is 66.9 Å². The van der Waals surface area contributed by atoms with Crippen molar-refractivity contribution in [1.29, 1.82) is 0 Å². The lowest BCUT2D eigenvalue weighted by molar-refractivity contribution is -0.176. The van der Waals surface area contributed by atoms with Crippen LogP contribution in [-0.2, 0) is 43.3 Å². The van der Waals surface area contributed by atoms with Crippen LogP contribution in [0.5, 0.6) is 0 Å². The predicted octanol–water partition coefficient (Wildman–Crippen LogP) is 3.67. The van der Waals surface area contributed by atoms with Gasteiger partial charge in [0, 0.05) is 24.7 Å². The summed E-state index contributed by atoms with van der Waals surface area (Å²) in [5.41, 5.74) is 1.76. The van der Waals surface area contributed by atoms with Crippen molar-refractivity contribution in [2.24, 2.45) is 0 Å². The molecule has 3 amide bonds. The summed E-state index contributed by atoms with van der Waals surface area (Å²) >= 11 is 0. The Kier molecular flexibility index (Phi) is 11.9. The quantitative estimate of drug-likeness (QED) is 0.214. The fourth-order valence-corrected chi connectivity index (χ4v) is 4.02. The molecule has 0 aliphatic rings. The van der Waals surface area contributed by atoms with Crippen LogP contribution >= 0.6 is 0 Å². The van der Waals surface area contributed by atoms with Crippen LogP contribution in [0.3, 0.4) is 0 Å². The monoisotopic (exact) mass is 617 g/mol. The number of rotatable bonds is 13. The number of nitrogens with zero attached hydrogens (tertiary/aromatic N) is 1. The molecule has 3 aromatic rings. The molecule has 0 fully saturated rings. The second kappa shape index (κ2) is 15.5. The number of halogens is 3. The molecule has 14 heteroatoms. The molecule has 4 N–H and O–H groups in total. The van der Waals surface area contributed by atoms with Crippen molar-refractivity contribution in [2.75, 3.05) is 0 Å². The van der Waals surface area contributed by atoms with Crippen molar-refractivity contribution in [3.8, 4) is 0 Å². The maximum absolute atomic E-state index is 13.3. The van der Waals surface area contributed by atoms with Crippen LogP contribution in [0, 0.1) is 0 Å². The highest BCUT2D eigenvalue weighted by atomic mass is 19.4. The number of alkyl carbamates (subject to hydrolysis) is 1. The number of nitrogens with one attached hydrogen (secondary N) is 4. The number of amides is 3. The number of carbonyl (C=O) groups excluding carboxylic acids is 4. The SMILES string of the molecule is CC(C)OC(=O)[C@H](Cc1cnc([C@H](C)NC(=O)[C@H](Cc2ccccc2)NC(=O)OCc2ccccc2)[nH]1)NC(=O)C(F)(F)F. The minimum absolute atomic E-state index is 0.00700. The van der Waals surface area contributed by atoms with E-state index in [1.807, 2.05) is 12.1 Å². The minimum Gasteiger partial charge on any atom is -0.461 e. The maximum Gasteiger partial charge on any atom is 0.471 e. The maximum atomic E-state index is 13.3. The normalized spacial score (nSPS) is 13.3. The highest BCUT2D eigenvalue weighted by Gasteiger charge is 2.41. The topological polar surface area (TPSA) is 152 Å². The summed E-state index contributed by atoms with van der Waals surface area (Å²) in [5.74, 6) is -3.67. The Balaban J connectivity index is 1.68. The molecule has 236 valence electrons. The van der Waals surface area contributed by atoms with E-state index >= 15 is 0 Å². The van der Waals surface area contributed by atoms with Crippen LogP contribution in [0.1, 0.15) is 49.5 Å². The second-order valence-corrected chi connectivity index (χ2v) is 10.2. The molecule has 2 aromatic carbocycles. The number of H-pyrrole nitrogens is 1. The van der Waals surface area contributed by atoms with Crippen molar-refractivity contribution in [2.45, 2.75) is 70.6 Å². The van der Waals surface area contributed by atoms with E-state index in [0.29, 0.717) is 0 Å². The Morgan fingerprint density at radius 3 is 2.05 bits per heavy atom. The number of esters is 1. The summed E-state index contributed by atoms with van der Waals surface area (Å²) in [6.07, 6.45) is -5.58. The number of hydrogen-bond donors (Lipinski definition) is 4.